The molecule has 0 aromatic carbocycles. The molecule has 2 aliphatic heterocycles. The molecule has 13 heavy (non-hydrogen) atoms. The van der Waals surface area contributed by atoms with Gasteiger partial charge in [-0.2, -0.15) is 0 Å². The summed E-state index contributed by atoms with van der Waals surface area (Å²) in [5, 5.41) is 0. The maximum Gasteiger partial charge on any atom is 0.112 e. The minimum absolute atomic E-state index is 0.572. The Kier molecular flexibility index (Phi) is 2.20. The third kappa shape index (κ3) is 1.53. The Morgan fingerprint density at radius 1 is 1.31 bits per heavy atom. The molecule has 1 fully saturated rings. The van der Waals surface area contributed by atoms with Crippen LogP contribution in [0.15, 0.2) is 11.5 Å². The van der Waals surface area contributed by atoms with E-state index < -0.39 is 0 Å². The Balaban J connectivity index is 2.14. The van der Waals surface area contributed by atoms with Crippen LogP contribution in [0.25, 0.3) is 0 Å². The molecule has 74 valence electrons. The van der Waals surface area contributed by atoms with E-state index in [4.69, 9.17) is 4.74 Å². The molecule has 1 saturated heterocycles. The zero-order valence-electron chi connectivity index (χ0n) is 8.71. The summed E-state index contributed by atoms with van der Waals surface area (Å²) in [5.41, 5.74) is 1.32. The summed E-state index contributed by atoms with van der Waals surface area (Å²) in [7, 11) is 2.18. The zero-order chi connectivity index (χ0) is 9.42. The summed E-state index contributed by atoms with van der Waals surface area (Å²) in [4.78, 5) is 4.86. The number of piperazine rings is 1. The minimum Gasteiger partial charge on any atom is -0.494 e. The first-order valence-electron chi connectivity index (χ1n) is 4.94. The van der Waals surface area contributed by atoms with Gasteiger partial charge in [0, 0.05) is 25.3 Å². The number of ether oxygens (including phenoxy) is 1. The lowest BCUT2D eigenvalue weighted by molar-refractivity contribution is 0.0279. The molecule has 0 saturated carbocycles. The van der Waals surface area contributed by atoms with Gasteiger partial charge in [0.15, 0.2) is 0 Å². The lowest BCUT2D eigenvalue weighted by Gasteiger charge is -2.44. The minimum atomic E-state index is 0.572. The Hall–Kier alpha value is -0.700. The van der Waals surface area contributed by atoms with Gasteiger partial charge in [-0.3, -0.25) is 0 Å². The molecule has 2 rings (SSSR count). The molecule has 0 N–H and O–H groups in total. The SMILES string of the molecule is CC1=C(C)N2CCN(C)CC2CO1. The van der Waals surface area contributed by atoms with Gasteiger partial charge in [0.05, 0.1) is 6.04 Å². The molecule has 0 aromatic heterocycles. The highest BCUT2D eigenvalue weighted by molar-refractivity contribution is 5.09. The van der Waals surface area contributed by atoms with E-state index in [9.17, 15) is 0 Å². The molecule has 0 aliphatic carbocycles. The molecule has 0 amide bonds. The molecule has 0 bridgehead atoms. The van der Waals surface area contributed by atoms with Gasteiger partial charge in [0.2, 0.25) is 0 Å². The van der Waals surface area contributed by atoms with Crippen molar-refractivity contribution >= 4 is 0 Å². The van der Waals surface area contributed by atoms with Gasteiger partial charge in [-0.05, 0) is 20.9 Å². The van der Waals surface area contributed by atoms with Gasteiger partial charge in [-0.1, -0.05) is 0 Å². The predicted molar refractivity (Wildman–Crippen MR) is 52.3 cm³/mol. The molecule has 0 spiro atoms. The van der Waals surface area contributed by atoms with Crippen molar-refractivity contribution in [2.75, 3.05) is 33.3 Å². The van der Waals surface area contributed by atoms with E-state index in [0.29, 0.717) is 6.04 Å². The molecule has 0 aromatic rings. The Morgan fingerprint density at radius 2 is 2.08 bits per heavy atom. The topological polar surface area (TPSA) is 15.7 Å². The normalized spacial score (nSPS) is 30.1. The van der Waals surface area contributed by atoms with Crippen LogP contribution in [0.4, 0.5) is 0 Å². The highest BCUT2D eigenvalue weighted by Crippen LogP contribution is 2.23. The van der Waals surface area contributed by atoms with E-state index in [1.54, 1.807) is 0 Å². The molecule has 0 radical (unpaired) electrons. The summed E-state index contributed by atoms with van der Waals surface area (Å²) in [5.74, 6) is 1.10. The fraction of sp³-hybridized carbons (Fsp3) is 0.800. The van der Waals surface area contributed by atoms with Crippen molar-refractivity contribution in [1.29, 1.82) is 0 Å². The van der Waals surface area contributed by atoms with Crippen LogP contribution in [-0.4, -0.2) is 49.1 Å². The average molecular weight is 182 g/mol. The first kappa shape index (κ1) is 8.88. The predicted octanol–water partition coefficient (Wildman–Crippen LogP) is 0.884. The van der Waals surface area contributed by atoms with Crippen LogP contribution < -0.4 is 0 Å². The molecular formula is C10H18N2O. The Labute approximate surface area is 80.0 Å². The fourth-order valence-corrected chi connectivity index (χ4v) is 2.12. The van der Waals surface area contributed by atoms with Crippen LogP contribution in [-0.2, 0) is 4.74 Å². The molecule has 1 atom stereocenters. The van der Waals surface area contributed by atoms with Crippen LogP contribution >= 0.6 is 0 Å². The van der Waals surface area contributed by atoms with Crippen molar-refractivity contribution in [3.63, 3.8) is 0 Å². The number of rotatable bonds is 0. The van der Waals surface area contributed by atoms with E-state index in [1.165, 1.54) is 12.2 Å². The second-order valence-electron chi connectivity index (χ2n) is 4.06. The highest BCUT2D eigenvalue weighted by atomic mass is 16.5. The van der Waals surface area contributed by atoms with Crippen LogP contribution in [0.5, 0.6) is 0 Å². The van der Waals surface area contributed by atoms with Gasteiger partial charge in [0.1, 0.15) is 12.4 Å². The summed E-state index contributed by atoms with van der Waals surface area (Å²) >= 11 is 0. The molecule has 2 heterocycles. The number of fused-ring (bicyclic) bond motifs is 1. The maximum absolute atomic E-state index is 5.62. The molecule has 3 heteroatoms. The first-order chi connectivity index (χ1) is 6.18. The van der Waals surface area contributed by atoms with Crippen molar-refractivity contribution in [2.24, 2.45) is 0 Å². The lowest BCUT2D eigenvalue weighted by atomic mass is 10.1. The van der Waals surface area contributed by atoms with Gasteiger partial charge < -0.3 is 14.5 Å². The van der Waals surface area contributed by atoms with Gasteiger partial charge in [0.25, 0.3) is 0 Å². The third-order valence-corrected chi connectivity index (χ3v) is 3.12. The standard InChI is InChI=1S/C10H18N2O/c1-8-9(2)13-7-10-6-11(3)4-5-12(8)10/h10H,4-7H2,1-3H3. The molecule has 2 aliphatic rings. The third-order valence-electron chi connectivity index (χ3n) is 3.12. The maximum atomic E-state index is 5.62. The van der Waals surface area contributed by atoms with Gasteiger partial charge in [-0.15, -0.1) is 0 Å². The summed E-state index contributed by atoms with van der Waals surface area (Å²) < 4.78 is 5.62. The number of nitrogens with zero attached hydrogens (tertiary/aromatic N) is 2. The van der Waals surface area contributed by atoms with Crippen molar-refractivity contribution in [3.05, 3.63) is 11.5 Å². The summed E-state index contributed by atoms with van der Waals surface area (Å²) in [6.07, 6.45) is 0. The van der Waals surface area contributed by atoms with Crippen LogP contribution in [0.2, 0.25) is 0 Å². The second-order valence-corrected chi connectivity index (χ2v) is 4.06. The number of likely N-dealkylation sites (N-methyl/N-ethyl adjacent to an activating group) is 1. The van der Waals surface area contributed by atoms with Gasteiger partial charge >= 0.3 is 0 Å². The van der Waals surface area contributed by atoms with Crippen LogP contribution in [0.3, 0.4) is 0 Å². The van der Waals surface area contributed by atoms with Crippen molar-refractivity contribution in [3.8, 4) is 0 Å². The summed E-state index contributed by atoms with van der Waals surface area (Å²) in [6.45, 7) is 8.52. The largest absolute Gasteiger partial charge is 0.494 e. The average Bonchev–Trinajstić information content (AvgIpc) is 2.12. The first-order valence-corrected chi connectivity index (χ1v) is 4.94. The monoisotopic (exact) mass is 182 g/mol. The van der Waals surface area contributed by atoms with Crippen molar-refractivity contribution in [2.45, 2.75) is 19.9 Å². The van der Waals surface area contributed by atoms with Crippen molar-refractivity contribution < 1.29 is 4.74 Å². The van der Waals surface area contributed by atoms with Crippen molar-refractivity contribution in [1.82, 2.24) is 9.80 Å². The van der Waals surface area contributed by atoms with E-state index in [1.807, 2.05) is 0 Å². The summed E-state index contributed by atoms with van der Waals surface area (Å²) in [6, 6.07) is 0.572. The second kappa shape index (κ2) is 3.22. The highest BCUT2D eigenvalue weighted by Gasteiger charge is 2.29. The van der Waals surface area contributed by atoms with E-state index >= 15 is 0 Å². The van der Waals surface area contributed by atoms with E-state index in [-0.39, 0.29) is 0 Å². The number of hydrogen-bond acceptors (Lipinski definition) is 3. The van der Waals surface area contributed by atoms with E-state index in [2.05, 4.69) is 30.7 Å². The molecule has 3 nitrogen and oxygen atoms in total. The van der Waals surface area contributed by atoms with E-state index in [0.717, 1.165) is 25.5 Å². The molecular weight excluding hydrogens is 164 g/mol. The Morgan fingerprint density at radius 3 is 2.85 bits per heavy atom. The fourth-order valence-electron chi connectivity index (χ4n) is 2.12. The smallest absolute Gasteiger partial charge is 0.112 e. The number of allylic oxidation sites excluding steroid dienone is 2. The van der Waals surface area contributed by atoms with Gasteiger partial charge in [-0.25, -0.2) is 0 Å². The van der Waals surface area contributed by atoms with Crippen LogP contribution in [0.1, 0.15) is 13.8 Å². The molecule has 1 unspecified atom stereocenters. The van der Waals surface area contributed by atoms with Crippen LogP contribution in [0, 0.1) is 0 Å². The lowest BCUT2D eigenvalue weighted by Crippen LogP contribution is -2.54. The zero-order valence-corrected chi connectivity index (χ0v) is 8.71. The number of hydrogen-bond donors (Lipinski definition) is 0. The Bertz CT molecular complexity index is 237. The quantitative estimate of drug-likeness (QED) is 0.553.